The van der Waals surface area contributed by atoms with Crippen molar-refractivity contribution in [2.24, 2.45) is 17.3 Å². The number of nitrogens with one attached hydrogen (secondary N) is 1. The van der Waals surface area contributed by atoms with Crippen molar-refractivity contribution in [1.29, 1.82) is 0 Å². The van der Waals surface area contributed by atoms with Crippen LogP contribution in [-0.2, 0) is 4.79 Å². The molecule has 20 heavy (non-hydrogen) atoms. The maximum Gasteiger partial charge on any atom is 0.228 e. The molecule has 1 aromatic carbocycles. The molecule has 1 aromatic rings. The van der Waals surface area contributed by atoms with Gasteiger partial charge >= 0.3 is 0 Å². The van der Waals surface area contributed by atoms with Gasteiger partial charge in [0.05, 0.1) is 5.92 Å². The van der Waals surface area contributed by atoms with Crippen LogP contribution in [-0.4, -0.2) is 5.91 Å². The summed E-state index contributed by atoms with van der Waals surface area (Å²) in [7, 11) is 0. The smallest absolute Gasteiger partial charge is 0.228 e. The van der Waals surface area contributed by atoms with Crippen LogP contribution in [0.25, 0.3) is 0 Å². The van der Waals surface area contributed by atoms with Crippen LogP contribution in [0.3, 0.4) is 0 Å². The first-order chi connectivity index (χ1) is 9.21. The molecule has 0 heterocycles. The van der Waals surface area contributed by atoms with E-state index in [0.717, 1.165) is 18.2 Å². The zero-order chi connectivity index (χ0) is 15.1. The number of rotatable bonds is 3. The summed E-state index contributed by atoms with van der Waals surface area (Å²) in [6.45, 7) is 3.81. The van der Waals surface area contributed by atoms with Gasteiger partial charge in [-0.1, -0.05) is 37.0 Å². The van der Waals surface area contributed by atoms with Crippen LogP contribution in [0.1, 0.15) is 13.8 Å². The molecule has 0 saturated heterocycles. The molecule has 2 atom stereocenters. The van der Waals surface area contributed by atoms with E-state index in [1.54, 1.807) is 6.08 Å². The Bertz CT molecular complexity index is 562. The number of benzene rings is 1. The van der Waals surface area contributed by atoms with Crippen LogP contribution in [0.4, 0.5) is 14.5 Å². The van der Waals surface area contributed by atoms with Crippen molar-refractivity contribution in [3.8, 4) is 0 Å². The minimum Gasteiger partial charge on any atom is -0.326 e. The number of carbonyl (C=O) groups excluding carboxylic acids is 1. The van der Waals surface area contributed by atoms with Crippen LogP contribution < -0.4 is 5.32 Å². The lowest BCUT2D eigenvalue weighted by atomic mass is 10.1. The third-order valence-corrected chi connectivity index (χ3v) is 3.88. The summed E-state index contributed by atoms with van der Waals surface area (Å²) in [5.74, 6) is -2.21. The Labute approximate surface area is 125 Å². The van der Waals surface area contributed by atoms with Crippen LogP contribution in [0.15, 0.2) is 28.8 Å². The Morgan fingerprint density at radius 3 is 2.30 bits per heavy atom. The van der Waals surface area contributed by atoms with Crippen LogP contribution >= 0.6 is 23.2 Å². The molecule has 0 unspecified atom stereocenters. The molecule has 0 radical (unpaired) electrons. The summed E-state index contributed by atoms with van der Waals surface area (Å²) in [5, 5.41) is 2.51. The molecule has 1 saturated carbocycles. The largest absolute Gasteiger partial charge is 0.326 e. The van der Waals surface area contributed by atoms with Crippen molar-refractivity contribution in [2.45, 2.75) is 13.8 Å². The Balaban J connectivity index is 2.12. The summed E-state index contributed by atoms with van der Waals surface area (Å²) in [4.78, 5) is 12.1. The molecular formula is C14H13Cl2F2NO. The van der Waals surface area contributed by atoms with E-state index in [-0.39, 0.29) is 33.3 Å². The van der Waals surface area contributed by atoms with Gasteiger partial charge in [0.1, 0.15) is 16.1 Å². The maximum atomic E-state index is 13.1. The first-order valence-electron chi connectivity index (χ1n) is 6.01. The molecule has 6 heteroatoms. The number of hydrogen-bond acceptors (Lipinski definition) is 1. The second-order valence-corrected chi connectivity index (χ2v) is 6.44. The van der Waals surface area contributed by atoms with E-state index in [2.05, 4.69) is 5.32 Å². The number of allylic oxidation sites excluding steroid dienone is 1. The molecule has 0 spiro atoms. The fourth-order valence-corrected chi connectivity index (χ4v) is 2.74. The van der Waals surface area contributed by atoms with Crippen LogP contribution in [0.5, 0.6) is 0 Å². The molecule has 2 rings (SSSR count). The van der Waals surface area contributed by atoms with Crippen molar-refractivity contribution >= 4 is 34.8 Å². The lowest BCUT2D eigenvalue weighted by Gasteiger charge is -2.06. The monoisotopic (exact) mass is 319 g/mol. The number of anilines is 1. The SMILES string of the molecule is CC1(C)[C@H](C=C(Cl)Cl)[C@H]1C(=O)Nc1cc(F)cc(F)c1. The quantitative estimate of drug-likeness (QED) is 0.873. The lowest BCUT2D eigenvalue weighted by molar-refractivity contribution is -0.118. The van der Waals surface area contributed by atoms with Gasteiger partial charge in [0.15, 0.2) is 0 Å². The summed E-state index contributed by atoms with van der Waals surface area (Å²) in [6.07, 6.45) is 1.61. The predicted octanol–water partition coefficient (Wildman–Crippen LogP) is 4.49. The van der Waals surface area contributed by atoms with E-state index in [0.29, 0.717) is 0 Å². The molecule has 2 nitrogen and oxygen atoms in total. The highest BCUT2D eigenvalue weighted by Crippen LogP contribution is 2.60. The van der Waals surface area contributed by atoms with E-state index < -0.39 is 11.6 Å². The van der Waals surface area contributed by atoms with Crippen molar-refractivity contribution in [1.82, 2.24) is 0 Å². The number of hydrogen-bond donors (Lipinski definition) is 1. The van der Waals surface area contributed by atoms with Crippen molar-refractivity contribution in [2.75, 3.05) is 5.32 Å². The Morgan fingerprint density at radius 1 is 1.25 bits per heavy atom. The van der Waals surface area contributed by atoms with E-state index in [1.165, 1.54) is 0 Å². The topological polar surface area (TPSA) is 29.1 Å². The summed E-state index contributed by atoms with van der Waals surface area (Å²) >= 11 is 11.2. The predicted molar refractivity (Wildman–Crippen MR) is 75.5 cm³/mol. The number of carbonyl (C=O) groups is 1. The molecule has 1 fully saturated rings. The van der Waals surface area contributed by atoms with Gasteiger partial charge in [-0.25, -0.2) is 8.78 Å². The van der Waals surface area contributed by atoms with Gasteiger partial charge in [0, 0.05) is 11.8 Å². The lowest BCUT2D eigenvalue weighted by Crippen LogP contribution is -2.17. The highest BCUT2D eigenvalue weighted by molar-refractivity contribution is 6.55. The second kappa shape index (κ2) is 5.34. The van der Waals surface area contributed by atoms with E-state index in [9.17, 15) is 13.6 Å². The van der Waals surface area contributed by atoms with Crippen LogP contribution in [0.2, 0.25) is 0 Å². The van der Waals surface area contributed by atoms with Crippen molar-refractivity contribution < 1.29 is 13.6 Å². The van der Waals surface area contributed by atoms with Gasteiger partial charge in [-0.05, 0) is 29.5 Å². The summed E-state index contributed by atoms with van der Waals surface area (Å²) in [6, 6.07) is 2.88. The molecule has 1 aliphatic rings. The Morgan fingerprint density at radius 2 is 1.80 bits per heavy atom. The molecule has 1 aliphatic carbocycles. The first kappa shape index (κ1) is 15.3. The number of halogens is 4. The zero-order valence-corrected chi connectivity index (χ0v) is 12.4. The zero-order valence-electron chi connectivity index (χ0n) is 10.9. The van der Waals surface area contributed by atoms with E-state index >= 15 is 0 Å². The molecule has 1 amide bonds. The molecule has 0 aromatic heterocycles. The fraction of sp³-hybridized carbons (Fsp3) is 0.357. The minimum absolute atomic E-state index is 0.0918. The average Bonchev–Trinajstić information content (AvgIpc) is 2.77. The van der Waals surface area contributed by atoms with Crippen molar-refractivity contribution in [3.63, 3.8) is 0 Å². The molecule has 0 aliphatic heterocycles. The van der Waals surface area contributed by atoms with E-state index in [1.807, 2.05) is 13.8 Å². The molecule has 0 bridgehead atoms. The van der Waals surface area contributed by atoms with Crippen molar-refractivity contribution in [3.05, 3.63) is 40.4 Å². The highest BCUT2D eigenvalue weighted by atomic mass is 35.5. The highest BCUT2D eigenvalue weighted by Gasteiger charge is 2.60. The van der Waals surface area contributed by atoms with Gasteiger partial charge in [-0.15, -0.1) is 0 Å². The normalized spacial score (nSPS) is 23.1. The Hall–Kier alpha value is -1.13. The minimum atomic E-state index is -0.740. The first-order valence-corrected chi connectivity index (χ1v) is 6.77. The van der Waals surface area contributed by atoms with Gasteiger partial charge in [-0.2, -0.15) is 0 Å². The maximum absolute atomic E-state index is 13.1. The molecule has 1 N–H and O–H groups in total. The molecule has 108 valence electrons. The molecular weight excluding hydrogens is 307 g/mol. The van der Waals surface area contributed by atoms with Gasteiger partial charge < -0.3 is 5.32 Å². The summed E-state index contributed by atoms with van der Waals surface area (Å²) < 4.78 is 26.2. The van der Waals surface area contributed by atoms with E-state index in [4.69, 9.17) is 23.2 Å². The fourth-order valence-electron chi connectivity index (χ4n) is 2.47. The third-order valence-electron chi connectivity index (χ3n) is 3.63. The number of amides is 1. The summed E-state index contributed by atoms with van der Waals surface area (Å²) in [5.41, 5.74) is -0.194. The van der Waals surface area contributed by atoms with Gasteiger partial charge in [0.2, 0.25) is 5.91 Å². The second-order valence-electron chi connectivity index (χ2n) is 5.43. The average molecular weight is 320 g/mol. The van der Waals surface area contributed by atoms with Gasteiger partial charge in [0.25, 0.3) is 0 Å². The standard InChI is InChI=1S/C14H13Cl2F2NO/c1-14(2)10(6-11(15)16)12(14)13(20)19-9-4-7(17)3-8(18)5-9/h3-6,10,12H,1-2H3,(H,19,20)/t10-,12+/m1/s1. The van der Waals surface area contributed by atoms with Crippen LogP contribution in [0, 0.1) is 28.9 Å². The van der Waals surface area contributed by atoms with Gasteiger partial charge in [-0.3, -0.25) is 4.79 Å². The third kappa shape index (κ3) is 3.13. The Kier molecular flexibility index (Phi) is 4.07.